The van der Waals surface area contributed by atoms with Crippen LogP contribution in [0.25, 0.3) is 81.9 Å². The molecule has 0 spiro atoms. The Morgan fingerprint density at radius 3 is 2.15 bits per heavy atom. The van der Waals surface area contributed by atoms with Gasteiger partial charge in [0.05, 0.1) is 28.8 Å². The van der Waals surface area contributed by atoms with Crippen LogP contribution in [0.4, 0.5) is 5.69 Å². The van der Waals surface area contributed by atoms with Gasteiger partial charge in [0.25, 0.3) is 0 Å². The average molecular weight is 498 g/mol. The molecule has 4 nitrogen and oxygen atoms in total. The maximum absolute atomic E-state index is 7.40. The van der Waals surface area contributed by atoms with Crippen LogP contribution in [0.5, 0.6) is 0 Å². The van der Waals surface area contributed by atoms with Gasteiger partial charge in [0.1, 0.15) is 11.2 Å². The van der Waals surface area contributed by atoms with E-state index in [0.29, 0.717) is 5.69 Å². The molecule has 0 unspecified atom stereocenters. The maximum Gasteiger partial charge on any atom is 0.188 e. The van der Waals surface area contributed by atoms with Crippen LogP contribution in [0.3, 0.4) is 0 Å². The second-order valence-electron chi connectivity index (χ2n) is 9.74. The summed E-state index contributed by atoms with van der Waals surface area (Å²) in [5.74, 6) is 0. The van der Waals surface area contributed by atoms with Crippen molar-refractivity contribution in [1.82, 2.24) is 9.97 Å². The molecule has 0 radical (unpaired) electrons. The molecule has 3 heterocycles. The van der Waals surface area contributed by atoms with Crippen molar-refractivity contribution in [3.63, 3.8) is 0 Å². The smallest absolute Gasteiger partial charge is 0.188 e. The Bertz CT molecular complexity index is 2290. The number of furan rings is 1. The highest BCUT2D eigenvalue weighted by Crippen LogP contribution is 2.37. The topological polar surface area (TPSA) is 43.3 Å². The number of hydrogen-bond donors (Lipinski definition) is 0. The fourth-order valence-corrected chi connectivity index (χ4v) is 5.52. The van der Waals surface area contributed by atoms with Gasteiger partial charge >= 0.3 is 0 Å². The van der Waals surface area contributed by atoms with E-state index in [1.807, 2.05) is 48.5 Å². The highest BCUT2D eigenvalue weighted by Gasteiger charge is 2.15. The lowest BCUT2D eigenvalue weighted by Gasteiger charge is -2.12. The third kappa shape index (κ3) is 3.38. The molecule has 3 aromatic heterocycles. The third-order valence-corrected chi connectivity index (χ3v) is 7.43. The fourth-order valence-electron chi connectivity index (χ4n) is 5.52. The van der Waals surface area contributed by atoms with Gasteiger partial charge in [-0.1, -0.05) is 66.7 Å². The molecule has 4 heteroatoms. The molecule has 0 aliphatic heterocycles. The van der Waals surface area contributed by atoms with Crippen molar-refractivity contribution >= 4 is 60.3 Å². The minimum atomic E-state index is 0.603. The standard InChI is InChI=1S/C35H19N3O/c1-36-25-13-16-33-28(20-25)27-17-22(12-15-32(27)39-33)23-11-14-26-31(19-23)38-34(21-7-3-2-4-8-21)29-18-24-9-5-6-10-30(24)37-35(26)29/h2-20H. The van der Waals surface area contributed by atoms with Gasteiger partial charge in [0.15, 0.2) is 5.69 Å². The van der Waals surface area contributed by atoms with Crippen LogP contribution in [0.1, 0.15) is 0 Å². The van der Waals surface area contributed by atoms with Gasteiger partial charge in [-0.2, -0.15) is 0 Å². The van der Waals surface area contributed by atoms with Gasteiger partial charge in [-0.15, -0.1) is 0 Å². The fraction of sp³-hybridized carbons (Fsp3) is 0. The summed E-state index contributed by atoms with van der Waals surface area (Å²) in [6.45, 7) is 7.40. The monoisotopic (exact) mass is 497 g/mol. The van der Waals surface area contributed by atoms with E-state index in [0.717, 1.165) is 77.0 Å². The summed E-state index contributed by atoms with van der Waals surface area (Å²) < 4.78 is 6.04. The predicted octanol–water partition coefficient (Wildman–Crippen LogP) is 9.72. The van der Waals surface area contributed by atoms with E-state index < -0.39 is 0 Å². The molecular formula is C35H19N3O. The van der Waals surface area contributed by atoms with Crippen LogP contribution in [0, 0.1) is 6.57 Å². The summed E-state index contributed by atoms with van der Waals surface area (Å²) in [6.07, 6.45) is 0. The first-order chi connectivity index (χ1) is 19.2. The molecule has 0 bridgehead atoms. The van der Waals surface area contributed by atoms with Crippen molar-refractivity contribution in [2.75, 3.05) is 0 Å². The van der Waals surface area contributed by atoms with Crippen molar-refractivity contribution in [2.45, 2.75) is 0 Å². The number of aromatic nitrogens is 2. The summed E-state index contributed by atoms with van der Waals surface area (Å²) in [5, 5.41) is 5.12. The van der Waals surface area contributed by atoms with Crippen LogP contribution in [-0.4, -0.2) is 9.97 Å². The Hall–Kier alpha value is -5.53. The van der Waals surface area contributed by atoms with E-state index in [2.05, 4.69) is 65.5 Å². The summed E-state index contributed by atoms with van der Waals surface area (Å²) >= 11 is 0. The van der Waals surface area contributed by atoms with Crippen molar-refractivity contribution in [3.8, 4) is 22.4 Å². The number of hydrogen-bond acceptors (Lipinski definition) is 3. The van der Waals surface area contributed by atoms with E-state index in [-0.39, 0.29) is 0 Å². The number of rotatable bonds is 2. The third-order valence-electron chi connectivity index (χ3n) is 7.43. The molecule has 0 aliphatic rings. The number of para-hydroxylation sites is 1. The molecule has 0 saturated carbocycles. The lowest BCUT2D eigenvalue weighted by Crippen LogP contribution is -1.93. The van der Waals surface area contributed by atoms with Gasteiger partial charge in [-0.3, -0.25) is 0 Å². The molecule has 8 aromatic rings. The molecule has 0 amide bonds. The minimum Gasteiger partial charge on any atom is -0.456 e. The Morgan fingerprint density at radius 2 is 1.28 bits per heavy atom. The van der Waals surface area contributed by atoms with E-state index >= 15 is 0 Å². The van der Waals surface area contributed by atoms with Crippen LogP contribution >= 0.6 is 0 Å². The van der Waals surface area contributed by atoms with Crippen LogP contribution < -0.4 is 0 Å². The quantitative estimate of drug-likeness (QED) is 0.136. The zero-order chi connectivity index (χ0) is 25.9. The molecule has 39 heavy (non-hydrogen) atoms. The zero-order valence-electron chi connectivity index (χ0n) is 20.7. The van der Waals surface area contributed by atoms with Gasteiger partial charge in [-0.05, 0) is 59.7 Å². The highest BCUT2D eigenvalue weighted by molar-refractivity contribution is 6.13. The Kier molecular flexibility index (Phi) is 4.55. The molecular weight excluding hydrogens is 478 g/mol. The first-order valence-electron chi connectivity index (χ1n) is 12.8. The molecule has 0 atom stereocenters. The van der Waals surface area contributed by atoms with Crippen LogP contribution in [-0.2, 0) is 0 Å². The second-order valence-corrected chi connectivity index (χ2v) is 9.74. The molecule has 180 valence electrons. The van der Waals surface area contributed by atoms with E-state index in [4.69, 9.17) is 21.0 Å². The maximum atomic E-state index is 7.40. The molecule has 5 aromatic carbocycles. The number of nitrogens with zero attached hydrogens (tertiary/aromatic N) is 3. The van der Waals surface area contributed by atoms with E-state index in [1.54, 1.807) is 6.07 Å². The largest absolute Gasteiger partial charge is 0.456 e. The van der Waals surface area contributed by atoms with Crippen molar-refractivity contribution < 1.29 is 4.42 Å². The SMILES string of the molecule is [C-]#[N+]c1ccc2oc3ccc(-c4ccc5c(c4)nc(-c4ccccc4)c4cc6ccccc6nc45)cc3c2c1. The molecule has 0 fully saturated rings. The molecule has 0 aliphatic carbocycles. The van der Waals surface area contributed by atoms with E-state index in [1.165, 1.54) is 0 Å². The Labute approximate surface area is 223 Å². The Morgan fingerprint density at radius 1 is 0.538 bits per heavy atom. The van der Waals surface area contributed by atoms with Gasteiger partial charge in [0, 0.05) is 32.5 Å². The summed E-state index contributed by atoms with van der Waals surface area (Å²) in [5.41, 5.74) is 9.13. The first-order valence-corrected chi connectivity index (χ1v) is 12.8. The van der Waals surface area contributed by atoms with Crippen LogP contribution in [0.15, 0.2) is 120 Å². The van der Waals surface area contributed by atoms with Crippen molar-refractivity contribution in [2.24, 2.45) is 0 Å². The van der Waals surface area contributed by atoms with Gasteiger partial charge < -0.3 is 4.42 Å². The molecule has 0 N–H and O–H groups in total. The highest BCUT2D eigenvalue weighted by atomic mass is 16.3. The second kappa shape index (κ2) is 8.24. The van der Waals surface area contributed by atoms with Crippen molar-refractivity contribution in [1.29, 1.82) is 0 Å². The van der Waals surface area contributed by atoms with E-state index in [9.17, 15) is 0 Å². The molecule has 8 rings (SSSR count). The molecule has 0 saturated heterocycles. The van der Waals surface area contributed by atoms with Crippen molar-refractivity contribution in [3.05, 3.63) is 127 Å². The van der Waals surface area contributed by atoms with Gasteiger partial charge in [0.2, 0.25) is 0 Å². The zero-order valence-corrected chi connectivity index (χ0v) is 20.7. The normalized spacial score (nSPS) is 11.6. The minimum absolute atomic E-state index is 0.603. The average Bonchev–Trinajstić information content (AvgIpc) is 3.37. The number of pyridine rings is 2. The number of benzene rings is 5. The van der Waals surface area contributed by atoms with Gasteiger partial charge in [-0.25, -0.2) is 14.8 Å². The Balaban J connectivity index is 1.38. The number of fused-ring (bicyclic) bond motifs is 7. The summed E-state index contributed by atoms with van der Waals surface area (Å²) in [7, 11) is 0. The first kappa shape index (κ1) is 21.5. The summed E-state index contributed by atoms with van der Waals surface area (Å²) in [6, 6.07) is 38.9. The summed E-state index contributed by atoms with van der Waals surface area (Å²) in [4.78, 5) is 13.9. The van der Waals surface area contributed by atoms with Crippen LogP contribution in [0.2, 0.25) is 0 Å². The lowest BCUT2D eigenvalue weighted by atomic mass is 9.98. The lowest BCUT2D eigenvalue weighted by molar-refractivity contribution is 0.669. The predicted molar refractivity (Wildman–Crippen MR) is 159 cm³/mol.